The number of likely N-dealkylation sites (tertiary alicyclic amines) is 1. The van der Waals surface area contributed by atoms with Crippen molar-refractivity contribution in [2.24, 2.45) is 0 Å². The molecule has 1 aliphatic heterocycles. The predicted octanol–water partition coefficient (Wildman–Crippen LogP) is 3.11. The van der Waals surface area contributed by atoms with Gasteiger partial charge in [-0.3, -0.25) is 19.2 Å². The van der Waals surface area contributed by atoms with Gasteiger partial charge in [0.05, 0.1) is 0 Å². The van der Waals surface area contributed by atoms with Crippen LogP contribution in [0.2, 0.25) is 0 Å². The molecule has 35 heavy (non-hydrogen) atoms. The molecule has 1 saturated heterocycles. The third-order valence-electron chi connectivity index (χ3n) is 6.00. The van der Waals surface area contributed by atoms with Gasteiger partial charge in [-0.2, -0.15) is 0 Å². The molecule has 2 atom stereocenters. The minimum atomic E-state index is -1.07. The molecule has 0 saturated carbocycles. The fourth-order valence-corrected chi connectivity index (χ4v) is 4.18. The fourth-order valence-electron chi connectivity index (χ4n) is 4.18. The number of hydrogen-bond donors (Lipinski definition) is 2. The van der Waals surface area contributed by atoms with Gasteiger partial charge < -0.3 is 15.5 Å². The minimum absolute atomic E-state index is 0.109. The SMILES string of the molecule is O=C(Nc1ccccc1)C(=O)C(Cc1ccccc1)NC(=O)[C@@H]1CCC(=O)N1Cc1ccccc1. The minimum Gasteiger partial charge on any atom is -0.344 e. The summed E-state index contributed by atoms with van der Waals surface area (Å²) < 4.78 is 0. The lowest BCUT2D eigenvalue weighted by molar-refractivity contribution is -0.139. The van der Waals surface area contributed by atoms with Crippen LogP contribution in [-0.4, -0.2) is 40.5 Å². The number of carbonyl (C=O) groups is 4. The molecule has 1 unspecified atom stereocenters. The third kappa shape index (κ3) is 6.20. The van der Waals surface area contributed by atoms with Crippen LogP contribution in [0.3, 0.4) is 0 Å². The first kappa shape index (κ1) is 23.9. The van der Waals surface area contributed by atoms with Gasteiger partial charge in [0, 0.05) is 25.1 Å². The normalized spacial score (nSPS) is 15.9. The number of Topliss-reactive ketones (excluding diaryl/α,β-unsaturated/α-hetero) is 1. The summed E-state index contributed by atoms with van der Waals surface area (Å²) in [5, 5.41) is 5.36. The Bertz CT molecular complexity index is 1180. The van der Waals surface area contributed by atoms with Crippen molar-refractivity contribution in [2.45, 2.75) is 37.9 Å². The number of ketones is 1. The summed E-state index contributed by atoms with van der Waals surface area (Å²) in [6.45, 7) is 0.309. The van der Waals surface area contributed by atoms with Gasteiger partial charge in [0.15, 0.2) is 0 Å². The Kier molecular flexibility index (Phi) is 7.67. The van der Waals surface area contributed by atoms with Gasteiger partial charge in [-0.25, -0.2) is 0 Å². The summed E-state index contributed by atoms with van der Waals surface area (Å²) in [6, 6.07) is 25.5. The summed E-state index contributed by atoms with van der Waals surface area (Å²) >= 11 is 0. The van der Waals surface area contributed by atoms with Crippen LogP contribution in [0.15, 0.2) is 91.0 Å². The molecule has 0 bridgehead atoms. The maximum absolute atomic E-state index is 13.3. The van der Waals surface area contributed by atoms with Crippen LogP contribution in [0.5, 0.6) is 0 Å². The number of anilines is 1. The van der Waals surface area contributed by atoms with Crippen molar-refractivity contribution in [1.29, 1.82) is 0 Å². The molecule has 178 valence electrons. The van der Waals surface area contributed by atoms with E-state index in [1.807, 2.05) is 60.7 Å². The van der Waals surface area contributed by atoms with E-state index in [-0.39, 0.29) is 18.7 Å². The average Bonchev–Trinajstić information content (AvgIpc) is 3.25. The zero-order valence-electron chi connectivity index (χ0n) is 19.2. The van der Waals surface area contributed by atoms with E-state index >= 15 is 0 Å². The monoisotopic (exact) mass is 469 g/mol. The molecule has 7 heteroatoms. The zero-order chi connectivity index (χ0) is 24.6. The van der Waals surface area contributed by atoms with E-state index in [0.29, 0.717) is 18.7 Å². The first-order valence-electron chi connectivity index (χ1n) is 11.6. The van der Waals surface area contributed by atoms with Gasteiger partial charge in [-0.15, -0.1) is 0 Å². The largest absolute Gasteiger partial charge is 0.344 e. The lowest BCUT2D eigenvalue weighted by atomic mass is 10.0. The first-order chi connectivity index (χ1) is 17.0. The molecule has 1 fully saturated rings. The zero-order valence-corrected chi connectivity index (χ0v) is 19.2. The number of nitrogens with zero attached hydrogens (tertiary/aromatic N) is 1. The van der Waals surface area contributed by atoms with E-state index < -0.39 is 29.7 Å². The van der Waals surface area contributed by atoms with Gasteiger partial charge in [0.25, 0.3) is 5.91 Å². The van der Waals surface area contributed by atoms with Crippen molar-refractivity contribution >= 4 is 29.2 Å². The molecule has 4 rings (SSSR count). The summed E-state index contributed by atoms with van der Waals surface area (Å²) in [7, 11) is 0. The van der Waals surface area contributed by atoms with Crippen LogP contribution in [0, 0.1) is 0 Å². The first-order valence-corrected chi connectivity index (χ1v) is 11.6. The molecular formula is C28H27N3O4. The van der Waals surface area contributed by atoms with Crippen molar-refractivity contribution in [2.75, 3.05) is 5.32 Å². The van der Waals surface area contributed by atoms with Gasteiger partial charge in [-0.05, 0) is 29.7 Å². The Morgan fingerprint density at radius 1 is 0.829 bits per heavy atom. The Hall–Kier alpha value is -4.26. The van der Waals surface area contributed by atoms with Gasteiger partial charge in [0.2, 0.25) is 17.6 Å². The highest BCUT2D eigenvalue weighted by Gasteiger charge is 2.38. The molecule has 0 aromatic heterocycles. The second-order valence-electron chi connectivity index (χ2n) is 8.50. The third-order valence-corrected chi connectivity index (χ3v) is 6.00. The number of carbonyl (C=O) groups excluding carboxylic acids is 4. The van der Waals surface area contributed by atoms with E-state index in [4.69, 9.17) is 0 Å². The number of rotatable bonds is 9. The number of para-hydroxylation sites is 1. The van der Waals surface area contributed by atoms with Crippen LogP contribution < -0.4 is 10.6 Å². The van der Waals surface area contributed by atoms with E-state index in [1.54, 1.807) is 35.2 Å². The Balaban J connectivity index is 1.50. The van der Waals surface area contributed by atoms with Crippen LogP contribution in [0.25, 0.3) is 0 Å². The van der Waals surface area contributed by atoms with E-state index in [9.17, 15) is 19.2 Å². The second kappa shape index (κ2) is 11.2. The Morgan fingerprint density at radius 2 is 1.40 bits per heavy atom. The summed E-state index contributed by atoms with van der Waals surface area (Å²) in [5.41, 5.74) is 2.22. The molecule has 1 aliphatic rings. The van der Waals surface area contributed by atoms with Crippen molar-refractivity contribution in [3.63, 3.8) is 0 Å². The number of hydrogen-bond acceptors (Lipinski definition) is 4. The standard InChI is InChI=1S/C28H27N3O4/c32-25-17-16-24(31(25)19-21-12-6-2-7-13-21)27(34)30-23(18-20-10-4-1-5-11-20)26(33)28(35)29-22-14-8-3-9-15-22/h1-15,23-24H,16-19H2,(H,29,35)(H,30,34)/t23?,24-/m0/s1. The van der Waals surface area contributed by atoms with E-state index in [1.165, 1.54) is 0 Å². The van der Waals surface area contributed by atoms with Crippen LogP contribution in [0.4, 0.5) is 5.69 Å². The van der Waals surface area contributed by atoms with Gasteiger partial charge >= 0.3 is 0 Å². The van der Waals surface area contributed by atoms with E-state index in [0.717, 1.165) is 11.1 Å². The maximum atomic E-state index is 13.3. The highest BCUT2D eigenvalue weighted by atomic mass is 16.2. The molecule has 1 heterocycles. The van der Waals surface area contributed by atoms with E-state index in [2.05, 4.69) is 10.6 Å². The van der Waals surface area contributed by atoms with Crippen LogP contribution in [0.1, 0.15) is 24.0 Å². The number of benzene rings is 3. The molecule has 3 aromatic rings. The smallest absolute Gasteiger partial charge is 0.293 e. The summed E-state index contributed by atoms with van der Waals surface area (Å²) in [4.78, 5) is 53.2. The van der Waals surface area contributed by atoms with Crippen molar-refractivity contribution < 1.29 is 19.2 Å². The van der Waals surface area contributed by atoms with Crippen molar-refractivity contribution in [1.82, 2.24) is 10.2 Å². The van der Waals surface area contributed by atoms with Crippen molar-refractivity contribution in [3.05, 3.63) is 102 Å². The van der Waals surface area contributed by atoms with Crippen LogP contribution in [-0.2, 0) is 32.1 Å². The van der Waals surface area contributed by atoms with Gasteiger partial charge in [0.1, 0.15) is 12.1 Å². The topological polar surface area (TPSA) is 95.6 Å². The molecular weight excluding hydrogens is 442 g/mol. The van der Waals surface area contributed by atoms with Crippen LogP contribution >= 0.6 is 0 Å². The molecule has 3 aromatic carbocycles. The summed E-state index contributed by atoms with van der Waals surface area (Å²) in [5.74, 6) is -2.10. The molecule has 3 amide bonds. The Morgan fingerprint density at radius 3 is 2.03 bits per heavy atom. The lowest BCUT2D eigenvalue weighted by Gasteiger charge is -2.26. The van der Waals surface area contributed by atoms with Crippen molar-refractivity contribution in [3.8, 4) is 0 Å². The lowest BCUT2D eigenvalue weighted by Crippen LogP contribution is -2.52. The average molecular weight is 470 g/mol. The molecule has 2 N–H and O–H groups in total. The molecule has 7 nitrogen and oxygen atoms in total. The highest BCUT2D eigenvalue weighted by molar-refractivity contribution is 6.42. The number of nitrogens with one attached hydrogen (secondary N) is 2. The Labute approximate surface area is 204 Å². The van der Waals surface area contributed by atoms with Gasteiger partial charge in [-0.1, -0.05) is 78.9 Å². The predicted molar refractivity (Wildman–Crippen MR) is 132 cm³/mol. The molecule has 0 radical (unpaired) electrons. The number of amides is 3. The summed E-state index contributed by atoms with van der Waals surface area (Å²) in [6.07, 6.45) is 0.781. The highest BCUT2D eigenvalue weighted by Crippen LogP contribution is 2.22. The quantitative estimate of drug-likeness (QED) is 0.471. The second-order valence-corrected chi connectivity index (χ2v) is 8.50. The fraction of sp³-hybridized carbons (Fsp3) is 0.214. The maximum Gasteiger partial charge on any atom is 0.293 e. The molecule has 0 aliphatic carbocycles. The molecule has 0 spiro atoms.